The summed E-state index contributed by atoms with van der Waals surface area (Å²) in [5.74, 6) is 1.22. The Balaban J connectivity index is 1.68. The molecule has 2 aromatic carbocycles. The van der Waals surface area contributed by atoms with Crippen molar-refractivity contribution < 1.29 is 9.52 Å². The molecule has 1 N–H and O–H groups in total. The second-order valence-corrected chi connectivity index (χ2v) is 8.56. The Morgan fingerprint density at radius 1 is 1.00 bits per heavy atom. The Labute approximate surface area is 178 Å². The highest BCUT2D eigenvalue weighted by Crippen LogP contribution is 2.42. The van der Waals surface area contributed by atoms with Crippen LogP contribution in [0.15, 0.2) is 69.9 Å². The first kappa shape index (κ1) is 20.5. The molecule has 0 amide bonds. The maximum atomic E-state index is 13.0. The van der Waals surface area contributed by atoms with Gasteiger partial charge in [0, 0.05) is 17.9 Å². The molecule has 3 aromatic rings. The molecule has 0 saturated heterocycles. The molecule has 3 nitrogen and oxygen atoms in total. The molecule has 0 radical (unpaired) electrons. The number of hydrogen-bond donors (Lipinski definition) is 1. The fourth-order valence-electron chi connectivity index (χ4n) is 4.53. The predicted octanol–water partition coefficient (Wildman–Crippen LogP) is 6.11. The molecule has 1 saturated carbocycles. The fraction of sp³-hybridized carbons (Fsp3) is 0.370. The Kier molecular flexibility index (Phi) is 5.80. The van der Waals surface area contributed by atoms with Gasteiger partial charge < -0.3 is 9.52 Å². The zero-order valence-electron chi connectivity index (χ0n) is 17.9. The van der Waals surface area contributed by atoms with E-state index < -0.39 is 5.63 Å². The lowest BCUT2D eigenvalue weighted by Crippen LogP contribution is -2.29. The SMILES string of the molecule is CCC(CC)(Cc1ccccc1)c1cc(O)c(Cc2ccccc2C2CC2)c(=O)o1. The lowest BCUT2D eigenvalue weighted by molar-refractivity contribution is 0.286. The summed E-state index contributed by atoms with van der Waals surface area (Å²) in [7, 11) is 0. The topological polar surface area (TPSA) is 50.4 Å². The van der Waals surface area contributed by atoms with Gasteiger partial charge in [-0.25, -0.2) is 4.79 Å². The molecular weight excluding hydrogens is 372 g/mol. The van der Waals surface area contributed by atoms with Crippen molar-refractivity contribution >= 4 is 0 Å². The number of rotatable bonds is 8. The summed E-state index contributed by atoms with van der Waals surface area (Å²) >= 11 is 0. The largest absolute Gasteiger partial charge is 0.507 e. The van der Waals surface area contributed by atoms with Crippen LogP contribution in [0.4, 0.5) is 0 Å². The zero-order valence-corrected chi connectivity index (χ0v) is 17.9. The highest BCUT2D eigenvalue weighted by molar-refractivity contribution is 5.41. The third kappa shape index (κ3) is 4.07. The van der Waals surface area contributed by atoms with Gasteiger partial charge in [-0.05, 0) is 54.7 Å². The van der Waals surface area contributed by atoms with Gasteiger partial charge in [0.2, 0.25) is 0 Å². The molecule has 156 valence electrons. The molecule has 0 atom stereocenters. The van der Waals surface area contributed by atoms with Crippen LogP contribution in [0.3, 0.4) is 0 Å². The van der Waals surface area contributed by atoms with E-state index in [2.05, 4.69) is 38.1 Å². The average molecular weight is 403 g/mol. The molecule has 0 unspecified atom stereocenters. The van der Waals surface area contributed by atoms with Crippen LogP contribution in [-0.4, -0.2) is 5.11 Å². The van der Waals surface area contributed by atoms with Gasteiger partial charge in [0.25, 0.3) is 0 Å². The van der Waals surface area contributed by atoms with Gasteiger partial charge in [-0.1, -0.05) is 68.4 Å². The average Bonchev–Trinajstić information content (AvgIpc) is 3.61. The lowest BCUT2D eigenvalue weighted by atomic mass is 9.74. The van der Waals surface area contributed by atoms with E-state index in [9.17, 15) is 9.90 Å². The van der Waals surface area contributed by atoms with E-state index in [1.807, 2.05) is 30.3 Å². The summed E-state index contributed by atoms with van der Waals surface area (Å²) in [6.45, 7) is 4.23. The van der Waals surface area contributed by atoms with Gasteiger partial charge >= 0.3 is 5.63 Å². The van der Waals surface area contributed by atoms with Gasteiger partial charge in [-0.3, -0.25) is 0 Å². The van der Waals surface area contributed by atoms with Crippen LogP contribution in [-0.2, 0) is 18.3 Å². The van der Waals surface area contributed by atoms with Crippen LogP contribution >= 0.6 is 0 Å². The lowest BCUT2D eigenvalue weighted by Gasteiger charge is -2.31. The predicted molar refractivity (Wildman–Crippen MR) is 120 cm³/mol. The maximum absolute atomic E-state index is 13.0. The van der Waals surface area contributed by atoms with Crippen molar-refractivity contribution in [2.75, 3.05) is 0 Å². The third-order valence-electron chi connectivity index (χ3n) is 6.73. The van der Waals surface area contributed by atoms with Crippen molar-refractivity contribution in [2.24, 2.45) is 0 Å². The fourth-order valence-corrected chi connectivity index (χ4v) is 4.53. The van der Waals surface area contributed by atoms with Crippen molar-refractivity contribution in [3.63, 3.8) is 0 Å². The monoisotopic (exact) mass is 402 g/mol. The van der Waals surface area contributed by atoms with Crippen LogP contribution in [0, 0.1) is 0 Å². The van der Waals surface area contributed by atoms with Crippen LogP contribution in [0.2, 0.25) is 0 Å². The molecule has 1 aliphatic rings. The summed E-state index contributed by atoms with van der Waals surface area (Å²) in [6.07, 6.45) is 5.23. The van der Waals surface area contributed by atoms with Crippen LogP contribution in [0.1, 0.15) is 73.5 Å². The van der Waals surface area contributed by atoms with E-state index >= 15 is 0 Å². The molecule has 1 fully saturated rings. The molecule has 3 heteroatoms. The Bertz CT molecular complexity index is 1060. The van der Waals surface area contributed by atoms with Crippen molar-refractivity contribution in [1.82, 2.24) is 0 Å². The standard InChI is InChI=1S/C27H30O3/c1-3-27(4-2,18-19-10-6-5-7-11-19)25-17-24(28)23(26(29)30-25)16-21-12-8-9-13-22(21)20-14-15-20/h5-13,17,20,28H,3-4,14-16,18H2,1-2H3. The van der Waals surface area contributed by atoms with Gasteiger partial charge in [-0.15, -0.1) is 0 Å². The molecule has 0 spiro atoms. The van der Waals surface area contributed by atoms with E-state index in [0.717, 1.165) is 24.8 Å². The van der Waals surface area contributed by atoms with Crippen LogP contribution < -0.4 is 5.63 Å². The van der Waals surface area contributed by atoms with Gasteiger partial charge in [0.05, 0.1) is 5.56 Å². The van der Waals surface area contributed by atoms with E-state index in [1.165, 1.54) is 24.0 Å². The van der Waals surface area contributed by atoms with E-state index in [1.54, 1.807) is 6.07 Å². The number of aromatic hydroxyl groups is 1. The first-order valence-corrected chi connectivity index (χ1v) is 11.0. The van der Waals surface area contributed by atoms with Crippen molar-refractivity contribution in [2.45, 2.75) is 63.7 Å². The molecule has 0 aliphatic heterocycles. The maximum Gasteiger partial charge on any atom is 0.343 e. The van der Waals surface area contributed by atoms with Crippen molar-refractivity contribution in [3.05, 3.63) is 99.1 Å². The molecular formula is C27H30O3. The Morgan fingerprint density at radius 3 is 2.30 bits per heavy atom. The molecule has 1 aliphatic carbocycles. The Hall–Kier alpha value is -2.81. The van der Waals surface area contributed by atoms with Crippen LogP contribution in [0.25, 0.3) is 0 Å². The summed E-state index contributed by atoms with van der Waals surface area (Å²) in [6, 6.07) is 20.2. The normalized spacial score (nSPS) is 14.1. The quantitative estimate of drug-likeness (QED) is 0.494. The van der Waals surface area contributed by atoms with Crippen molar-refractivity contribution in [3.8, 4) is 5.75 Å². The number of hydrogen-bond acceptors (Lipinski definition) is 3. The highest BCUT2D eigenvalue weighted by Gasteiger charge is 2.33. The minimum Gasteiger partial charge on any atom is -0.507 e. The zero-order chi connectivity index (χ0) is 21.1. The third-order valence-corrected chi connectivity index (χ3v) is 6.73. The molecule has 1 heterocycles. The summed E-state index contributed by atoms with van der Waals surface area (Å²) in [4.78, 5) is 13.0. The molecule has 0 bridgehead atoms. The van der Waals surface area contributed by atoms with Gasteiger partial charge in [0.1, 0.15) is 11.5 Å². The van der Waals surface area contributed by atoms with Gasteiger partial charge in [-0.2, -0.15) is 0 Å². The van der Waals surface area contributed by atoms with E-state index in [-0.39, 0.29) is 11.2 Å². The smallest absolute Gasteiger partial charge is 0.343 e. The summed E-state index contributed by atoms with van der Waals surface area (Å²) < 4.78 is 5.88. The van der Waals surface area contributed by atoms with Crippen LogP contribution in [0.5, 0.6) is 5.75 Å². The Morgan fingerprint density at radius 2 is 1.67 bits per heavy atom. The molecule has 4 rings (SSSR count). The number of benzene rings is 2. The highest BCUT2D eigenvalue weighted by atomic mass is 16.4. The minimum atomic E-state index is -0.421. The second-order valence-electron chi connectivity index (χ2n) is 8.56. The summed E-state index contributed by atoms with van der Waals surface area (Å²) in [5.41, 5.74) is 3.22. The first-order chi connectivity index (χ1) is 14.6. The van der Waals surface area contributed by atoms with E-state index in [4.69, 9.17) is 4.42 Å². The summed E-state index contributed by atoms with van der Waals surface area (Å²) in [5, 5.41) is 10.8. The first-order valence-electron chi connectivity index (χ1n) is 11.0. The second kappa shape index (κ2) is 8.51. The molecule has 30 heavy (non-hydrogen) atoms. The molecule has 1 aromatic heterocycles. The van der Waals surface area contributed by atoms with Gasteiger partial charge in [0.15, 0.2) is 0 Å². The van der Waals surface area contributed by atoms with Crippen molar-refractivity contribution in [1.29, 1.82) is 0 Å². The van der Waals surface area contributed by atoms with E-state index in [0.29, 0.717) is 23.7 Å². The minimum absolute atomic E-state index is 0.0474.